The lowest BCUT2D eigenvalue weighted by Crippen LogP contribution is -2.03. The standard InChI is InChI=1S/C12H12BrClO2/c1-8(6-14)7-16-12-4-3-10(13)5-11(12)9(2)15/h3-6H,7H2,1-2H3/b8-6+. The number of benzene rings is 1. The van der Waals surface area contributed by atoms with Crippen LogP contribution in [0.4, 0.5) is 0 Å². The van der Waals surface area contributed by atoms with Crippen molar-refractivity contribution in [3.05, 3.63) is 39.3 Å². The molecule has 0 radical (unpaired) electrons. The Balaban J connectivity index is 2.91. The number of rotatable bonds is 4. The number of carbonyl (C=O) groups is 1. The van der Waals surface area contributed by atoms with Crippen LogP contribution in [-0.4, -0.2) is 12.4 Å². The first-order chi connectivity index (χ1) is 7.54. The quantitative estimate of drug-likeness (QED) is 0.780. The van der Waals surface area contributed by atoms with E-state index in [0.29, 0.717) is 17.9 Å². The van der Waals surface area contributed by atoms with E-state index in [-0.39, 0.29) is 5.78 Å². The Labute approximate surface area is 108 Å². The minimum atomic E-state index is -0.0243. The lowest BCUT2D eigenvalue weighted by molar-refractivity contribution is 0.101. The molecule has 86 valence electrons. The number of Topliss-reactive ketones (excluding diaryl/α,β-unsaturated/α-hetero) is 1. The monoisotopic (exact) mass is 302 g/mol. The van der Waals surface area contributed by atoms with Crippen LogP contribution in [-0.2, 0) is 0 Å². The second kappa shape index (κ2) is 6.06. The van der Waals surface area contributed by atoms with Crippen LogP contribution in [0.5, 0.6) is 5.75 Å². The minimum absolute atomic E-state index is 0.0243. The van der Waals surface area contributed by atoms with Crippen molar-refractivity contribution in [3.8, 4) is 5.75 Å². The molecule has 0 bridgehead atoms. The molecule has 4 heteroatoms. The maximum atomic E-state index is 11.4. The topological polar surface area (TPSA) is 26.3 Å². The van der Waals surface area contributed by atoms with E-state index in [0.717, 1.165) is 10.0 Å². The highest BCUT2D eigenvalue weighted by molar-refractivity contribution is 9.10. The predicted molar refractivity (Wildman–Crippen MR) is 69.3 cm³/mol. The van der Waals surface area contributed by atoms with Gasteiger partial charge in [0.15, 0.2) is 5.78 Å². The molecule has 1 aromatic carbocycles. The van der Waals surface area contributed by atoms with Crippen LogP contribution in [0, 0.1) is 0 Å². The zero-order valence-corrected chi connectivity index (χ0v) is 11.4. The fourth-order valence-electron chi connectivity index (χ4n) is 1.13. The number of hydrogen-bond acceptors (Lipinski definition) is 2. The summed E-state index contributed by atoms with van der Waals surface area (Å²) in [6, 6.07) is 5.35. The summed E-state index contributed by atoms with van der Waals surface area (Å²) >= 11 is 8.85. The fourth-order valence-corrected chi connectivity index (χ4v) is 1.55. The minimum Gasteiger partial charge on any atom is -0.488 e. The number of ether oxygens (including phenoxy) is 1. The summed E-state index contributed by atoms with van der Waals surface area (Å²) in [4.78, 5) is 11.4. The second-order valence-electron chi connectivity index (χ2n) is 3.44. The van der Waals surface area contributed by atoms with Crippen molar-refractivity contribution in [2.24, 2.45) is 0 Å². The summed E-state index contributed by atoms with van der Waals surface area (Å²) in [5.41, 5.74) is 2.93. The number of ketones is 1. The van der Waals surface area contributed by atoms with Crippen molar-refractivity contribution < 1.29 is 9.53 Å². The van der Waals surface area contributed by atoms with Gasteiger partial charge in [-0.1, -0.05) is 27.5 Å². The summed E-state index contributed by atoms with van der Waals surface area (Å²) in [5, 5.41) is 0. The van der Waals surface area contributed by atoms with E-state index in [4.69, 9.17) is 16.3 Å². The van der Waals surface area contributed by atoms with Gasteiger partial charge in [-0.25, -0.2) is 0 Å². The van der Waals surface area contributed by atoms with Gasteiger partial charge in [-0.2, -0.15) is 0 Å². The molecule has 0 amide bonds. The Morgan fingerprint density at radius 2 is 2.19 bits per heavy atom. The predicted octanol–water partition coefficient (Wildman–Crippen LogP) is 4.17. The van der Waals surface area contributed by atoms with Gasteiger partial charge in [-0.3, -0.25) is 4.79 Å². The molecule has 0 aliphatic heterocycles. The average molecular weight is 304 g/mol. The second-order valence-corrected chi connectivity index (χ2v) is 4.57. The maximum Gasteiger partial charge on any atom is 0.163 e. The lowest BCUT2D eigenvalue weighted by Gasteiger charge is -2.10. The smallest absolute Gasteiger partial charge is 0.163 e. The lowest BCUT2D eigenvalue weighted by atomic mass is 10.1. The van der Waals surface area contributed by atoms with E-state index in [1.165, 1.54) is 12.5 Å². The normalized spacial score (nSPS) is 11.4. The molecular formula is C12H12BrClO2. The highest BCUT2D eigenvalue weighted by Gasteiger charge is 2.09. The Morgan fingerprint density at radius 1 is 1.50 bits per heavy atom. The molecule has 0 saturated heterocycles. The highest BCUT2D eigenvalue weighted by atomic mass is 79.9. The van der Waals surface area contributed by atoms with Gasteiger partial charge in [0, 0.05) is 10.0 Å². The number of carbonyl (C=O) groups excluding carboxylic acids is 1. The summed E-state index contributed by atoms with van der Waals surface area (Å²) in [6.07, 6.45) is 0. The Bertz CT molecular complexity index is 427. The van der Waals surface area contributed by atoms with Gasteiger partial charge in [0.1, 0.15) is 12.4 Å². The molecule has 16 heavy (non-hydrogen) atoms. The van der Waals surface area contributed by atoms with Gasteiger partial charge < -0.3 is 4.74 Å². The maximum absolute atomic E-state index is 11.4. The van der Waals surface area contributed by atoms with Gasteiger partial charge in [-0.15, -0.1) is 0 Å². The third kappa shape index (κ3) is 3.65. The van der Waals surface area contributed by atoms with E-state index < -0.39 is 0 Å². The first-order valence-electron chi connectivity index (χ1n) is 4.73. The molecule has 2 nitrogen and oxygen atoms in total. The Hall–Kier alpha value is -0.800. The van der Waals surface area contributed by atoms with Gasteiger partial charge in [0.25, 0.3) is 0 Å². The van der Waals surface area contributed by atoms with Gasteiger partial charge in [-0.05, 0) is 37.6 Å². The summed E-state index contributed by atoms with van der Waals surface area (Å²) in [5.74, 6) is 0.553. The van der Waals surface area contributed by atoms with E-state index in [2.05, 4.69) is 15.9 Å². The molecule has 0 fully saturated rings. The van der Waals surface area contributed by atoms with Gasteiger partial charge >= 0.3 is 0 Å². The van der Waals surface area contributed by atoms with Gasteiger partial charge in [0.2, 0.25) is 0 Å². The summed E-state index contributed by atoms with van der Waals surface area (Å²) < 4.78 is 6.37. The van der Waals surface area contributed by atoms with Crippen LogP contribution in [0.3, 0.4) is 0 Å². The van der Waals surface area contributed by atoms with Crippen LogP contribution in [0.25, 0.3) is 0 Å². The molecule has 0 N–H and O–H groups in total. The number of halogens is 2. The third-order valence-corrected chi connectivity index (χ3v) is 2.83. The van der Waals surface area contributed by atoms with Crippen LogP contribution in [0.2, 0.25) is 0 Å². The molecule has 0 aliphatic rings. The van der Waals surface area contributed by atoms with Crippen molar-refractivity contribution in [2.75, 3.05) is 6.61 Å². The molecule has 0 aliphatic carbocycles. The zero-order valence-electron chi connectivity index (χ0n) is 9.09. The highest BCUT2D eigenvalue weighted by Crippen LogP contribution is 2.24. The van der Waals surface area contributed by atoms with Crippen molar-refractivity contribution >= 4 is 33.3 Å². The van der Waals surface area contributed by atoms with Crippen molar-refractivity contribution in [2.45, 2.75) is 13.8 Å². The van der Waals surface area contributed by atoms with Crippen molar-refractivity contribution in [3.63, 3.8) is 0 Å². The zero-order chi connectivity index (χ0) is 12.1. The molecule has 1 rings (SSSR count). The molecule has 0 atom stereocenters. The molecule has 0 spiro atoms. The van der Waals surface area contributed by atoms with Crippen LogP contribution >= 0.6 is 27.5 Å². The molecule has 0 aromatic heterocycles. The molecule has 0 heterocycles. The van der Waals surface area contributed by atoms with Crippen LogP contribution < -0.4 is 4.74 Å². The van der Waals surface area contributed by atoms with Crippen molar-refractivity contribution in [1.82, 2.24) is 0 Å². The average Bonchev–Trinajstić information content (AvgIpc) is 2.26. The van der Waals surface area contributed by atoms with E-state index in [1.807, 2.05) is 13.0 Å². The van der Waals surface area contributed by atoms with Crippen LogP contribution in [0.15, 0.2) is 33.8 Å². The van der Waals surface area contributed by atoms with Crippen molar-refractivity contribution in [1.29, 1.82) is 0 Å². The first-order valence-corrected chi connectivity index (χ1v) is 5.96. The largest absolute Gasteiger partial charge is 0.488 e. The first kappa shape index (κ1) is 13.3. The van der Waals surface area contributed by atoms with E-state index >= 15 is 0 Å². The third-order valence-electron chi connectivity index (χ3n) is 1.96. The van der Waals surface area contributed by atoms with E-state index in [9.17, 15) is 4.79 Å². The number of hydrogen-bond donors (Lipinski definition) is 0. The molecule has 1 aromatic rings. The van der Waals surface area contributed by atoms with Gasteiger partial charge in [0.05, 0.1) is 5.56 Å². The summed E-state index contributed by atoms with van der Waals surface area (Å²) in [6.45, 7) is 3.75. The molecular weight excluding hydrogens is 291 g/mol. The van der Waals surface area contributed by atoms with E-state index in [1.54, 1.807) is 12.1 Å². The SMILES string of the molecule is CC(=O)c1cc(Br)ccc1OC/C(C)=C/Cl. The molecule has 0 unspecified atom stereocenters. The fraction of sp³-hybridized carbons (Fsp3) is 0.250. The Morgan fingerprint density at radius 3 is 2.75 bits per heavy atom. The van der Waals surface area contributed by atoms with Crippen LogP contribution in [0.1, 0.15) is 24.2 Å². The molecule has 0 saturated carbocycles. The Kier molecular flexibility index (Phi) is 5.03. The summed E-state index contributed by atoms with van der Waals surface area (Å²) in [7, 11) is 0.